The maximum Gasteiger partial charge on any atom is 0.336 e. The van der Waals surface area contributed by atoms with Gasteiger partial charge in [0.05, 0.1) is 19.8 Å². The van der Waals surface area contributed by atoms with Crippen LogP contribution in [0.5, 0.6) is 0 Å². The highest BCUT2D eigenvalue weighted by Gasteiger charge is 2.82. The largest absolute Gasteiger partial charge is 0.476 e. The third-order valence-corrected chi connectivity index (χ3v) is 5.07. The Morgan fingerprint density at radius 1 is 1.08 bits per heavy atom. The van der Waals surface area contributed by atoms with Crippen LogP contribution in [0.4, 0.5) is 0 Å². The molecule has 0 unspecified atom stereocenters. The minimum atomic E-state index is -1.71. The molecule has 3 rings (SSSR count). The number of rotatable bonds is 5. The summed E-state index contributed by atoms with van der Waals surface area (Å²) in [7, 11) is 0. The van der Waals surface area contributed by atoms with E-state index in [0.717, 1.165) is 0 Å². The summed E-state index contributed by atoms with van der Waals surface area (Å²) in [6.07, 6.45) is 4.14. The molecular weight excluding hydrogens is 314 g/mol. The van der Waals surface area contributed by atoms with Gasteiger partial charge < -0.3 is 14.2 Å². The van der Waals surface area contributed by atoms with Crippen molar-refractivity contribution in [3.63, 3.8) is 0 Å². The zero-order chi connectivity index (χ0) is 17.5. The first-order valence-electron chi connectivity index (χ1n) is 8.30. The van der Waals surface area contributed by atoms with Crippen molar-refractivity contribution >= 4 is 23.6 Å². The first-order chi connectivity index (χ1) is 11.5. The highest BCUT2D eigenvalue weighted by molar-refractivity contribution is 6.46. The van der Waals surface area contributed by atoms with E-state index in [1.807, 2.05) is 6.08 Å². The van der Waals surface area contributed by atoms with Gasteiger partial charge in [0.2, 0.25) is 5.78 Å². The molecule has 0 aromatic heterocycles. The summed E-state index contributed by atoms with van der Waals surface area (Å²) in [6, 6.07) is 0. The maximum atomic E-state index is 13.1. The van der Waals surface area contributed by atoms with Crippen LogP contribution in [0.1, 0.15) is 27.2 Å². The molecule has 0 saturated heterocycles. The molecule has 0 spiro atoms. The lowest BCUT2D eigenvalue weighted by Gasteiger charge is -2.38. The van der Waals surface area contributed by atoms with E-state index in [1.54, 1.807) is 26.8 Å². The van der Waals surface area contributed by atoms with Gasteiger partial charge in [-0.05, 0) is 27.2 Å². The van der Waals surface area contributed by atoms with Crippen LogP contribution in [0.25, 0.3) is 0 Å². The smallest absolute Gasteiger partial charge is 0.336 e. The molecule has 1 heterocycles. The van der Waals surface area contributed by atoms with Gasteiger partial charge in [-0.1, -0.05) is 12.2 Å². The lowest BCUT2D eigenvalue weighted by Crippen LogP contribution is -2.61. The Labute approximate surface area is 140 Å². The number of carbonyl (C=O) groups excluding carboxylic acids is 3. The predicted octanol–water partition coefficient (Wildman–Crippen LogP) is 1.06. The number of esters is 2. The maximum absolute atomic E-state index is 13.1. The predicted molar refractivity (Wildman–Crippen MR) is 83.2 cm³/mol. The van der Waals surface area contributed by atoms with Crippen LogP contribution in [0.2, 0.25) is 0 Å². The Morgan fingerprint density at radius 2 is 1.71 bits per heavy atom. The van der Waals surface area contributed by atoms with Gasteiger partial charge in [-0.25, -0.2) is 9.79 Å². The number of allylic oxidation sites excluding steroid dienone is 1. The fourth-order valence-electron chi connectivity index (χ4n) is 4.28. The Bertz CT molecular complexity index is 653. The molecule has 0 aromatic carbocycles. The first kappa shape index (κ1) is 16.7. The van der Waals surface area contributed by atoms with Gasteiger partial charge in [0.1, 0.15) is 0 Å². The summed E-state index contributed by atoms with van der Waals surface area (Å²) >= 11 is 0. The van der Waals surface area contributed by atoms with E-state index >= 15 is 0 Å². The number of hydrogen-bond donors (Lipinski definition) is 0. The minimum Gasteiger partial charge on any atom is -0.476 e. The molecule has 2 aliphatic carbocycles. The Morgan fingerprint density at radius 3 is 2.33 bits per heavy atom. The average Bonchev–Trinajstić information content (AvgIpc) is 3.19. The molecule has 3 aliphatic rings. The van der Waals surface area contributed by atoms with Crippen molar-refractivity contribution in [3.8, 4) is 0 Å². The average molecular weight is 335 g/mol. The van der Waals surface area contributed by atoms with E-state index in [4.69, 9.17) is 14.2 Å². The molecule has 24 heavy (non-hydrogen) atoms. The molecule has 1 saturated carbocycles. The highest BCUT2D eigenvalue weighted by Crippen LogP contribution is 2.64. The van der Waals surface area contributed by atoms with Crippen LogP contribution in [0.15, 0.2) is 17.1 Å². The minimum absolute atomic E-state index is 0.109. The monoisotopic (exact) mass is 335 g/mol. The number of nitrogens with zero attached hydrogens (tertiary/aromatic N) is 1. The fraction of sp³-hybridized carbons (Fsp3) is 0.647. The van der Waals surface area contributed by atoms with Gasteiger partial charge in [0.25, 0.3) is 5.90 Å². The fourth-order valence-corrected chi connectivity index (χ4v) is 4.28. The summed E-state index contributed by atoms with van der Waals surface area (Å²) in [5.41, 5.74) is -3.32. The number of fused-ring (bicyclic) bond motifs is 5. The van der Waals surface area contributed by atoms with Crippen LogP contribution in [0.3, 0.4) is 0 Å². The number of ether oxygens (including phenoxy) is 3. The summed E-state index contributed by atoms with van der Waals surface area (Å²) in [6.45, 7) is 5.50. The number of ketones is 1. The van der Waals surface area contributed by atoms with Gasteiger partial charge in [-0.3, -0.25) is 9.59 Å². The molecule has 130 valence electrons. The molecule has 0 amide bonds. The summed E-state index contributed by atoms with van der Waals surface area (Å²) in [5, 5.41) is 0. The first-order valence-corrected chi connectivity index (χ1v) is 8.30. The molecule has 0 aromatic rings. The van der Waals surface area contributed by atoms with Gasteiger partial charge in [0, 0.05) is 11.8 Å². The van der Waals surface area contributed by atoms with E-state index in [9.17, 15) is 14.4 Å². The van der Waals surface area contributed by atoms with E-state index in [-0.39, 0.29) is 31.6 Å². The quantitative estimate of drug-likeness (QED) is 0.424. The van der Waals surface area contributed by atoms with Gasteiger partial charge in [0.15, 0.2) is 11.0 Å². The van der Waals surface area contributed by atoms with Crippen molar-refractivity contribution in [1.82, 2.24) is 0 Å². The molecule has 7 heteroatoms. The van der Waals surface area contributed by atoms with Gasteiger partial charge >= 0.3 is 11.9 Å². The standard InChI is InChI=1S/C17H21NO6/c1-4-22-13-12(19)16(14(20)23-5-2)10-7-8-11(9-10)17(16,18-13)15(21)24-6-3/h7-8,10-11H,4-6,9H2,1-3H3/t10-,11+,16-,17+/m1/s1. The number of hydrogen-bond acceptors (Lipinski definition) is 7. The van der Waals surface area contributed by atoms with E-state index in [1.165, 1.54) is 0 Å². The van der Waals surface area contributed by atoms with Gasteiger partial charge in [-0.2, -0.15) is 0 Å². The zero-order valence-corrected chi connectivity index (χ0v) is 14.0. The second-order valence-corrected chi connectivity index (χ2v) is 6.03. The molecule has 0 N–H and O–H groups in total. The number of aliphatic imine (C=N–C) groups is 1. The normalized spacial score (nSPS) is 35.6. The lowest BCUT2D eigenvalue weighted by molar-refractivity contribution is -0.173. The molecule has 1 fully saturated rings. The van der Waals surface area contributed by atoms with E-state index in [0.29, 0.717) is 6.42 Å². The Hall–Kier alpha value is -2.18. The third kappa shape index (κ3) is 1.72. The third-order valence-electron chi connectivity index (χ3n) is 5.07. The number of carbonyl (C=O) groups is 3. The van der Waals surface area contributed by atoms with E-state index in [2.05, 4.69) is 4.99 Å². The summed E-state index contributed by atoms with van der Waals surface area (Å²) < 4.78 is 15.8. The topological polar surface area (TPSA) is 91.3 Å². The van der Waals surface area contributed by atoms with Crippen LogP contribution < -0.4 is 0 Å². The van der Waals surface area contributed by atoms with Crippen molar-refractivity contribution in [2.45, 2.75) is 32.7 Å². The molecular formula is C17H21NO6. The van der Waals surface area contributed by atoms with Crippen molar-refractivity contribution in [3.05, 3.63) is 12.2 Å². The molecule has 2 bridgehead atoms. The van der Waals surface area contributed by atoms with Crippen LogP contribution in [-0.2, 0) is 28.6 Å². The van der Waals surface area contributed by atoms with Crippen LogP contribution in [-0.4, -0.2) is 49.0 Å². The summed E-state index contributed by atoms with van der Waals surface area (Å²) in [5.74, 6) is -2.98. The highest BCUT2D eigenvalue weighted by atomic mass is 16.5. The molecule has 1 aliphatic heterocycles. The summed E-state index contributed by atoms with van der Waals surface area (Å²) in [4.78, 5) is 43.2. The van der Waals surface area contributed by atoms with Crippen molar-refractivity contribution in [1.29, 1.82) is 0 Å². The molecule has 7 nitrogen and oxygen atoms in total. The SMILES string of the molecule is CCOC(=O)[C@@]12C(=O)C(OCC)=N[C@]1(C(=O)OCC)[C@H]1C=C[C@@H]2C1. The zero-order valence-electron chi connectivity index (χ0n) is 14.0. The van der Waals surface area contributed by atoms with Crippen LogP contribution >= 0.6 is 0 Å². The van der Waals surface area contributed by atoms with Crippen LogP contribution in [0, 0.1) is 17.3 Å². The van der Waals surface area contributed by atoms with E-state index < -0.39 is 34.6 Å². The second-order valence-electron chi connectivity index (χ2n) is 6.03. The Balaban J connectivity index is 2.21. The van der Waals surface area contributed by atoms with Crippen molar-refractivity contribution in [2.24, 2.45) is 22.2 Å². The van der Waals surface area contributed by atoms with Gasteiger partial charge in [-0.15, -0.1) is 0 Å². The lowest BCUT2D eigenvalue weighted by atomic mass is 9.62. The molecule has 4 atom stereocenters. The second kappa shape index (κ2) is 5.72. The van der Waals surface area contributed by atoms with Crippen molar-refractivity contribution in [2.75, 3.05) is 19.8 Å². The Kier molecular flexibility index (Phi) is 3.97. The van der Waals surface area contributed by atoms with Crippen molar-refractivity contribution < 1.29 is 28.6 Å². The number of Topliss-reactive ketones (excluding diaryl/α,β-unsaturated/α-hetero) is 1. The molecule has 0 radical (unpaired) electrons.